The number of methoxy groups -OCH3 is 3. The summed E-state index contributed by atoms with van der Waals surface area (Å²) < 4.78 is 22.5. The fourth-order valence-electron chi connectivity index (χ4n) is 4.35. The molecule has 1 unspecified atom stereocenters. The predicted molar refractivity (Wildman–Crippen MR) is 132 cm³/mol. The lowest BCUT2D eigenvalue weighted by Gasteiger charge is -2.36. The SMILES string of the molecule is CC=COCCCCCCCCCCC(CCCCCCC(C)C)C(OC)(OC)OC. The second-order valence-corrected chi connectivity index (χ2v) is 9.26. The third kappa shape index (κ3) is 15.8. The Balaban J connectivity index is 4.06. The first kappa shape index (κ1) is 30.4. The molecule has 0 amide bonds. The van der Waals surface area contributed by atoms with E-state index in [0.29, 0.717) is 0 Å². The van der Waals surface area contributed by atoms with Crippen LogP contribution >= 0.6 is 0 Å². The van der Waals surface area contributed by atoms with Gasteiger partial charge in [-0.15, -0.1) is 0 Å². The maximum atomic E-state index is 5.71. The van der Waals surface area contributed by atoms with E-state index in [1.165, 1.54) is 77.0 Å². The van der Waals surface area contributed by atoms with Gasteiger partial charge < -0.3 is 18.9 Å². The average Bonchev–Trinajstić information content (AvgIpc) is 2.77. The number of rotatable bonds is 23. The lowest BCUT2D eigenvalue weighted by Crippen LogP contribution is -2.44. The fraction of sp³-hybridized carbons (Fsp3) is 0.926. The monoisotopic (exact) mass is 442 g/mol. The molecule has 0 aromatic heterocycles. The molecule has 0 heterocycles. The van der Waals surface area contributed by atoms with Crippen LogP contribution in [0, 0.1) is 11.8 Å². The summed E-state index contributed by atoms with van der Waals surface area (Å²) in [4.78, 5) is 0. The van der Waals surface area contributed by atoms with Gasteiger partial charge in [0, 0.05) is 27.2 Å². The number of unbranched alkanes of at least 4 members (excludes halogenated alkanes) is 10. The minimum atomic E-state index is -0.896. The maximum Gasteiger partial charge on any atom is 0.285 e. The van der Waals surface area contributed by atoms with Gasteiger partial charge in [0.15, 0.2) is 0 Å². The van der Waals surface area contributed by atoms with Crippen LogP contribution in [0.1, 0.15) is 117 Å². The fourth-order valence-corrected chi connectivity index (χ4v) is 4.35. The van der Waals surface area contributed by atoms with Crippen LogP contribution in [0.5, 0.6) is 0 Å². The quantitative estimate of drug-likeness (QED) is 0.0906. The van der Waals surface area contributed by atoms with Crippen molar-refractivity contribution in [3.63, 3.8) is 0 Å². The topological polar surface area (TPSA) is 36.9 Å². The molecule has 0 aromatic carbocycles. The molecule has 0 fully saturated rings. The molecular weight excluding hydrogens is 388 g/mol. The zero-order chi connectivity index (χ0) is 23.2. The van der Waals surface area contributed by atoms with Crippen LogP contribution in [0.25, 0.3) is 0 Å². The highest BCUT2D eigenvalue weighted by molar-refractivity contribution is 4.72. The molecule has 4 nitrogen and oxygen atoms in total. The van der Waals surface area contributed by atoms with E-state index < -0.39 is 5.97 Å². The van der Waals surface area contributed by atoms with Gasteiger partial charge in [-0.3, -0.25) is 0 Å². The molecule has 4 heteroatoms. The molecule has 186 valence electrons. The zero-order valence-corrected chi connectivity index (χ0v) is 21.8. The summed E-state index contributed by atoms with van der Waals surface area (Å²) in [5.41, 5.74) is 0. The minimum absolute atomic E-state index is 0.287. The lowest BCUT2D eigenvalue weighted by atomic mass is 9.91. The Morgan fingerprint density at radius 1 is 0.613 bits per heavy atom. The Bertz CT molecular complexity index is 382. The first-order chi connectivity index (χ1) is 15.1. The van der Waals surface area contributed by atoms with Gasteiger partial charge in [0.25, 0.3) is 5.97 Å². The van der Waals surface area contributed by atoms with Crippen LogP contribution in [-0.2, 0) is 18.9 Å². The van der Waals surface area contributed by atoms with Crippen LogP contribution in [0.4, 0.5) is 0 Å². The van der Waals surface area contributed by atoms with E-state index in [1.54, 1.807) is 27.6 Å². The van der Waals surface area contributed by atoms with Crippen LogP contribution in [0.3, 0.4) is 0 Å². The van der Waals surface area contributed by atoms with E-state index in [4.69, 9.17) is 18.9 Å². The Kier molecular flexibility index (Phi) is 20.9. The first-order valence-corrected chi connectivity index (χ1v) is 12.9. The molecule has 31 heavy (non-hydrogen) atoms. The third-order valence-electron chi connectivity index (χ3n) is 6.23. The summed E-state index contributed by atoms with van der Waals surface area (Å²) in [6.45, 7) is 7.45. The number of ether oxygens (including phenoxy) is 4. The molecule has 0 rings (SSSR count). The molecule has 0 saturated heterocycles. The Morgan fingerprint density at radius 2 is 1.03 bits per heavy atom. The predicted octanol–water partition coefficient (Wildman–Crippen LogP) is 8.25. The summed E-state index contributed by atoms with van der Waals surface area (Å²) in [6, 6.07) is 0. The van der Waals surface area contributed by atoms with Gasteiger partial charge in [0.05, 0.1) is 12.9 Å². The van der Waals surface area contributed by atoms with Crippen molar-refractivity contribution < 1.29 is 18.9 Å². The van der Waals surface area contributed by atoms with Crippen LogP contribution in [0.2, 0.25) is 0 Å². The Hall–Kier alpha value is -0.580. The highest BCUT2D eigenvalue weighted by Gasteiger charge is 2.39. The van der Waals surface area contributed by atoms with Gasteiger partial charge in [0.2, 0.25) is 0 Å². The summed E-state index contributed by atoms with van der Waals surface area (Å²) in [6.07, 6.45) is 22.7. The van der Waals surface area contributed by atoms with Crippen molar-refractivity contribution in [1.82, 2.24) is 0 Å². The van der Waals surface area contributed by atoms with E-state index in [2.05, 4.69) is 13.8 Å². The van der Waals surface area contributed by atoms with Crippen LogP contribution in [0.15, 0.2) is 12.3 Å². The molecule has 0 saturated carbocycles. The summed E-state index contributed by atoms with van der Waals surface area (Å²) in [5.74, 6) is 0.204. The van der Waals surface area contributed by atoms with Gasteiger partial charge in [-0.05, 0) is 32.1 Å². The molecule has 0 aromatic rings. The van der Waals surface area contributed by atoms with Crippen molar-refractivity contribution in [2.45, 2.75) is 123 Å². The second kappa shape index (κ2) is 21.3. The second-order valence-electron chi connectivity index (χ2n) is 9.26. The van der Waals surface area contributed by atoms with Gasteiger partial charge in [-0.2, -0.15) is 0 Å². The highest BCUT2D eigenvalue weighted by atomic mass is 16.9. The summed E-state index contributed by atoms with van der Waals surface area (Å²) in [7, 11) is 5.10. The van der Waals surface area contributed by atoms with E-state index in [-0.39, 0.29) is 5.92 Å². The van der Waals surface area contributed by atoms with Gasteiger partial charge in [-0.25, -0.2) is 0 Å². The van der Waals surface area contributed by atoms with Crippen molar-refractivity contribution in [2.75, 3.05) is 27.9 Å². The van der Waals surface area contributed by atoms with Crippen molar-refractivity contribution in [3.8, 4) is 0 Å². The number of hydrogen-bond donors (Lipinski definition) is 0. The van der Waals surface area contributed by atoms with Crippen molar-refractivity contribution >= 4 is 0 Å². The average molecular weight is 443 g/mol. The summed E-state index contributed by atoms with van der Waals surface area (Å²) >= 11 is 0. The highest BCUT2D eigenvalue weighted by Crippen LogP contribution is 2.33. The molecule has 0 radical (unpaired) electrons. The molecule has 0 aliphatic heterocycles. The van der Waals surface area contributed by atoms with Gasteiger partial charge in [-0.1, -0.05) is 97.0 Å². The molecule has 0 aliphatic rings. The normalized spacial score (nSPS) is 13.4. The maximum absolute atomic E-state index is 5.71. The molecule has 0 bridgehead atoms. The number of hydrogen-bond acceptors (Lipinski definition) is 4. The molecule has 1 atom stereocenters. The van der Waals surface area contributed by atoms with E-state index in [1.807, 2.05) is 13.0 Å². The van der Waals surface area contributed by atoms with Crippen molar-refractivity contribution in [3.05, 3.63) is 12.3 Å². The Morgan fingerprint density at radius 3 is 1.45 bits per heavy atom. The lowest BCUT2D eigenvalue weighted by molar-refractivity contribution is -0.380. The zero-order valence-electron chi connectivity index (χ0n) is 21.8. The van der Waals surface area contributed by atoms with Crippen LogP contribution in [-0.4, -0.2) is 33.9 Å². The van der Waals surface area contributed by atoms with E-state index in [0.717, 1.165) is 31.8 Å². The smallest absolute Gasteiger partial charge is 0.285 e. The molecule has 0 spiro atoms. The van der Waals surface area contributed by atoms with Crippen molar-refractivity contribution in [1.29, 1.82) is 0 Å². The number of allylic oxidation sites excluding steroid dienone is 1. The third-order valence-corrected chi connectivity index (χ3v) is 6.23. The Labute approximate surface area is 194 Å². The van der Waals surface area contributed by atoms with Gasteiger partial charge in [0.1, 0.15) is 0 Å². The van der Waals surface area contributed by atoms with Crippen molar-refractivity contribution in [2.24, 2.45) is 11.8 Å². The summed E-state index contributed by atoms with van der Waals surface area (Å²) in [5, 5.41) is 0. The minimum Gasteiger partial charge on any atom is -0.502 e. The van der Waals surface area contributed by atoms with Gasteiger partial charge >= 0.3 is 0 Å². The molecular formula is C27H54O4. The van der Waals surface area contributed by atoms with Crippen LogP contribution < -0.4 is 0 Å². The molecule has 0 N–H and O–H groups in total. The van der Waals surface area contributed by atoms with E-state index in [9.17, 15) is 0 Å². The largest absolute Gasteiger partial charge is 0.502 e. The molecule has 0 aliphatic carbocycles. The standard InChI is InChI=1S/C27H54O4/c1-7-23-31-24-19-15-11-9-8-10-12-17-21-26(27(28-4,29-5)30-6)22-18-14-13-16-20-25(2)3/h7,23,25-26H,8-22,24H2,1-6H3. The van der Waals surface area contributed by atoms with E-state index >= 15 is 0 Å². The first-order valence-electron chi connectivity index (χ1n) is 12.9.